The van der Waals surface area contributed by atoms with E-state index in [1.54, 1.807) is 6.20 Å². The van der Waals surface area contributed by atoms with E-state index in [1.165, 1.54) is 18.4 Å². The second-order valence-corrected chi connectivity index (χ2v) is 6.50. The van der Waals surface area contributed by atoms with E-state index < -0.39 is 0 Å². The van der Waals surface area contributed by atoms with Crippen molar-refractivity contribution in [2.24, 2.45) is 0 Å². The molecule has 22 heavy (non-hydrogen) atoms. The molecule has 0 spiro atoms. The maximum atomic E-state index is 6.33. The summed E-state index contributed by atoms with van der Waals surface area (Å²) < 4.78 is 6.33. The van der Waals surface area contributed by atoms with Gasteiger partial charge in [-0.05, 0) is 62.9 Å². The molecule has 1 unspecified atom stereocenters. The minimum absolute atomic E-state index is 0.446. The Labute approximate surface area is 133 Å². The summed E-state index contributed by atoms with van der Waals surface area (Å²) in [5, 5.41) is 3.45. The number of piperidine rings is 1. The number of hydrogen-bond donors (Lipinski definition) is 2. The van der Waals surface area contributed by atoms with Crippen LogP contribution in [0.4, 0.5) is 5.82 Å². The Morgan fingerprint density at radius 3 is 2.82 bits per heavy atom. The molecule has 0 bridgehead atoms. The van der Waals surface area contributed by atoms with Crippen molar-refractivity contribution in [1.29, 1.82) is 0 Å². The Morgan fingerprint density at radius 1 is 1.18 bits per heavy atom. The number of likely N-dealkylation sites (tertiary alicyclic amines) is 1. The van der Waals surface area contributed by atoms with Crippen LogP contribution in [0.15, 0.2) is 18.3 Å². The third-order valence-electron chi connectivity index (χ3n) is 4.69. The van der Waals surface area contributed by atoms with Crippen molar-refractivity contribution in [1.82, 2.24) is 15.2 Å². The summed E-state index contributed by atoms with van der Waals surface area (Å²) in [5.41, 5.74) is 7.00. The molecule has 3 N–H and O–H groups in total. The monoisotopic (exact) mass is 304 g/mol. The Bertz CT molecular complexity index is 452. The highest BCUT2D eigenvalue weighted by molar-refractivity contribution is 5.31. The molecule has 0 saturated carbocycles. The molecule has 1 aromatic rings. The Morgan fingerprint density at radius 2 is 2.00 bits per heavy atom. The maximum Gasteiger partial charge on any atom is 0.123 e. The lowest BCUT2D eigenvalue weighted by molar-refractivity contribution is -0.0474. The van der Waals surface area contributed by atoms with Crippen LogP contribution in [0.1, 0.15) is 37.7 Å². The molecule has 1 aromatic heterocycles. The fourth-order valence-electron chi connectivity index (χ4n) is 3.45. The number of hydrogen-bond acceptors (Lipinski definition) is 5. The minimum Gasteiger partial charge on any atom is -0.384 e. The number of nitrogen functional groups attached to an aromatic ring is 1. The van der Waals surface area contributed by atoms with Gasteiger partial charge in [0.15, 0.2) is 0 Å². The number of aromatic nitrogens is 1. The number of rotatable bonds is 4. The fourth-order valence-corrected chi connectivity index (χ4v) is 3.45. The molecule has 3 rings (SSSR count). The highest BCUT2D eigenvalue weighted by atomic mass is 16.5. The summed E-state index contributed by atoms with van der Waals surface area (Å²) >= 11 is 0. The predicted molar refractivity (Wildman–Crippen MR) is 88.5 cm³/mol. The van der Waals surface area contributed by atoms with Crippen molar-refractivity contribution < 1.29 is 4.74 Å². The molecule has 0 aromatic carbocycles. The van der Waals surface area contributed by atoms with E-state index in [2.05, 4.69) is 21.3 Å². The molecule has 2 fully saturated rings. The van der Waals surface area contributed by atoms with Crippen LogP contribution in [-0.2, 0) is 11.3 Å². The molecular weight excluding hydrogens is 276 g/mol. The number of anilines is 1. The van der Waals surface area contributed by atoms with Gasteiger partial charge in [0.2, 0.25) is 0 Å². The number of ether oxygens (including phenoxy) is 1. The van der Waals surface area contributed by atoms with Crippen molar-refractivity contribution >= 4 is 5.82 Å². The van der Waals surface area contributed by atoms with Gasteiger partial charge in [0.05, 0.1) is 12.2 Å². The zero-order valence-electron chi connectivity index (χ0n) is 13.3. The summed E-state index contributed by atoms with van der Waals surface area (Å²) in [6.45, 7) is 5.43. The SMILES string of the molecule is Nc1cc(CN2CCC(OC3CCCNCC3)CC2)ccn1. The molecule has 2 aliphatic rings. The zero-order chi connectivity index (χ0) is 15.2. The van der Waals surface area contributed by atoms with E-state index in [4.69, 9.17) is 10.5 Å². The van der Waals surface area contributed by atoms with Crippen molar-refractivity contribution in [2.45, 2.75) is 50.9 Å². The molecule has 2 aliphatic heterocycles. The van der Waals surface area contributed by atoms with Crippen molar-refractivity contribution in [3.05, 3.63) is 23.9 Å². The van der Waals surface area contributed by atoms with Crippen LogP contribution in [0.5, 0.6) is 0 Å². The van der Waals surface area contributed by atoms with Crippen molar-refractivity contribution in [3.63, 3.8) is 0 Å². The molecule has 5 nitrogen and oxygen atoms in total. The van der Waals surface area contributed by atoms with E-state index in [0.717, 1.165) is 52.0 Å². The number of nitrogens with one attached hydrogen (secondary N) is 1. The number of nitrogens with two attached hydrogens (primary N) is 1. The summed E-state index contributed by atoms with van der Waals surface area (Å²) in [4.78, 5) is 6.54. The van der Waals surface area contributed by atoms with E-state index in [1.807, 2.05) is 6.07 Å². The topological polar surface area (TPSA) is 63.4 Å². The van der Waals surface area contributed by atoms with E-state index >= 15 is 0 Å². The molecule has 5 heteroatoms. The van der Waals surface area contributed by atoms with Crippen molar-refractivity contribution in [2.75, 3.05) is 31.9 Å². The van der Waals surface area contributed by atoms with Gasteiger partial charge in [-0.1, -0.05) is 0 Å². The first-order chi connectivity index (χ1) is 10.8. The fraction of sp³-hybridized carbons (Fsp3) is 0.706. The molecule has 0 radical (unpaired) electrons. The van der Waals surface area contributed by atoms with Crippen molar-refractivity contribution in [3.8, 4) is 0 Å². The van der Waals surface area contributed by atoms with Gasteiger partial charge < -0.3 is 15.8 Å². The van der Waals surface area contributed by atoms with E-state index in [-0.39, 0.29) is 0 Å². The van der Waals surface area contributed by atoms with Gasteiger partial charge in [-0.25, -0.2) is 4.98 Å². The summed E-state index contributed by atoms with van der Waals surface area (Å²) in [6, 6.07) is 4.03. The van der Waals surface area contributed by atoms with Crippen LogP contribution < -0.4 is 11.1 Å². The first kappa shape index (κ1) is 15.7. The van der Waals surface area contributed by atoms with Gasteiger partial charge in [0.1, 0.15) is 5.82 Å². The molecular formula is C17H28N4O. The summed E-state index contributed by atoms with van der Waals surface area (Å²) in [5.74, 6) is 0.609. The van der Waals surface area contributed by atoms with Crippen LogP contribution in [0.2, 0.25) is 0 Å². The number of nitrogens with zero attached hydrogens (tertiary/aromatic N) is 2. The summed E-state index contributed by atoms with van der Waals surface area (Å²) in [7, 11) is 0. The van der Waals surface area contributed by atoms with Gasteiger partial charge in [0, 0.05) is 25.8 Å². The van der Waals surface area contributed by atoms with Crippen LogP contribution in [-0.4, -0.2) is 48.3 Å². The van der Waals surface area contributed by atoms with Gasteiger partial charge in [0.25, 0.3) is 0 Å². The predicted octanol–water partition coefficient (Wildman–Crippen LogP) is 1.79. The molecule has 3 heterocycles. The smallest absolute Gasteiger partial charge is 0.123 e. The third-order valence-corrected chi connectivity index (χ3v) is 4.69. The Kier molecular flexibility index (Phi) is 5.64. The highest BCUT2D eigenvalue weighted by Gasteiger charge is 2.23. The lowest BCUT2D eigenvalue weighted by atomic mass is 10.1. The Balaban J connectivity index is 1.42. The molecule has 0 aliphatic carbocycles. The van der Waals surface area contributed by atoms with Gasteiger partial charge in [-0.3, -0.25) is 4.90 Å². The normalized spacial score (nSPS) is 25.0. The molecule has 122 valence electrons. The van der Waals surface area contributed by atoms with Crippen LogP contribution in [0.3, 0.4) is 0 Å². The maximum absolute atomic E-state index is 6.33. The minimum atomic E-state index is 0.446. The lowest BCUT2D eigenvalue weighted by Crippen LogP contribution is -2.38. The average molecular weight is 304 g/mol. The largest absolute Gasteiger partial charge is 0.384 e. The lowest BCUT2D eigenvalue weighted by Gasteiger charge is -2.33. The second kappa shape index (κ2) is 7.90. The third kappa shape index (κ3) is 4.66. The standard InChI is InChI=1S/C17H28N4O/c18-17-12-14(3-9-20-17)13-21-10-5-16(6-11-21)22-15-2-1-7-19-8-4-15/h3,9,12,15-16,19H,1-2,4-8,10-11,13H2,(H2,18,20). The van der Waals surface area contributed by atoms with Gasteiger partial charge in [-0.15, -0.1) is 0 Å². The molecule has 2 saturated heterocycles. The van der Waals surface area contributed by atoms with Crippen LogP contribution >= 0.6 is 0 Å². The van der Waals surface area contributed by atoms with Crippen LogP contribution in [0.25, 0.3) is 0 Å². The Hall–Kier alpha value is -1.17. The zero-order valence-corrected chi connectivity index (χ0v) is 13.3. The quantitative estimate of drug-likeness (QED) is 0.888. The molecule has 1 atom stereocenters. The van der Waals surface area contributed by atoms with Gasteiger partial charge >= 0.3 is 0 Å². The van der Waals surface area contributed by atoms with E-state index in [0.29, 0.717) is 18.0 Å². The van der Waals surface area contributed by atoms with E-state index in [9.17, 15) is 0 Å². The van der Waals surface area contributed by atoms with Crippen LogP contribution in [0, 0.1) is 0 Å². The summed E-state index contributed by atoms with van der Waals surface area (Å²) in [6.07, 6.45) is 8.61. The van der Waals surface area contributed by atoms with Gasteiger partial charge in [-0.2, -0.15) is 0 Å². The first-order valence-electron chi connectivity index (χ1n) is 8.58. The number of pyridine rings is 1. The average Bonchev–Trinajstić information content (AvgIpc) is 2.78. The highest BCUT2D eigenvalue weighted by Crippen LogP contribution is 2.21. The first-order valence-corrected chi connectivity index (χ1v) is 8.58. The molecule has 0 amide bonds. The second-order valence-electron chi connectivity index (χ2n) is 6.50.